The maximum absolute atomic E-state index is 5.75. The number of benzene rings is 1. The molecular weight excluding hydrogens is 214 g/mol. The van der Waals surface area contributed by atoms with E-state index in [2.05, 4.69) is 10.3 Å². The summed E-state index contributed by atoms with van der Waals surface area (Å²) in [7, 11) is 0. The average molecular weight is 223 g/mol. The van der Waals surface area contributed by atoms with E-state index in [0.29, 0.717) is 16.5 Å². The van der Waals surface area contributed by atoms with E-state index in [-0.39, 0.29) is 0 Å². The highest BCUT2D eigenvalue weighted by atomic mass is 32.2. The Bertz CT molecular complexity index is 495. The van der Waals surface area contributed by atoms with Crippen LogP contribution < -0.4 is 5.73 Å². The van der Waals surface area contributed by atoms with Crippen LogP contribution in [0.15, 0.2) is 21.7 Å². The first-order chi connectivity index (χ1) is 7.34. The van der Waals surface area contributed by atoms with E-state index in [1.807, 2.05) is 12.1 Å². The van der Waals surface area contributed by atoms with Crippen LogP contribution in [0.25, 0.3) is 11.0 Å². The first-order valence-corrected chi connectivity index (χ1v) is 5.48. The Morgan fingerprint density at radius 2 is 2.07 bits per heavy atom. The van der Waals surface area contributed by atoms with Crippen molar-refractivity contribution < 1.29 is 9.37 Å². The van der Waals surface area contributed by atoms with Crippen molar-refractivity contribution in [3.05, 3.63) is 12.1 Å². The van der Waals surface area contributed by atoms with Crippen molar-refractivity contribution in [3.8, 4) is 0 Å². The van der Waals surface area contributed by atoms with E-state index in [1.165, 1.54) is 0 Å². The van der Waals surface area contributed by atoms with Crippen molar-refractivity contribution in [3.63, 3.8) is 0 Å². The van der Waals surface area contributed by atoms with Crippen molar-refractivity contribution in [1.82, 2.24) is 10.3 Å². The Morgan fingerprint density at radius 1 is 1.27 bits per heavy atom. The molecule has 15 heavy (non-hydrogen) atoms. The summed E-state index contributed by atoms with van der Waals surface area (Å²) >= 11 is 1.73. The molecule has 1 aliphatic rings. The predicted molar refractivity (Wildman–Crippen MR) is 56.7 cm³/mol. The van der Waals surface area contributed by atoms with Crippen LogP contribution in [-0.2, 0) is 4.74 Å². The third kappa shape index (κ3) is 1.46. The number of fused-ring (bicyclic) bond motifs is 1. The molecule has 5 nitrogen and oxygen atoms in total. The van der Waals surface area contributed by atoms with E-state index in [0.717, 1.165) is 23.6 Å². The zero-order valence-electron chi connectivity index (χ0n) is 7.84. The second kappa shape index (κ2) is 3.39. The fourth-order valence-corrected chi connectivity index (χ4v) is 2.50. The van der Waals surface area contributed by atoms with Gasteiger partial charge in [0.15, 0.2) is 11.0 Å². The number of hydrogen-bond donors (Lipinski definition) is 1. The molecule has 1 aliphatic heterocycles. The van der Waals surface area contributed by atoms with Gasteiger partial charge in [0.25, 0.3) is 0 Å². The molecule has 2 aromatic rings. The fraction of sp³-hybridized carbons (Fsp3) is 0.333. The van der Waals surface area contributed by atoms with Crippen LogP contribution >= 0.6 is 11.8 Å². The van der Waals surface area contributed by atoms with Crippen molar-refractivity contribution in [2.75, 3.05) is 18.9 Å². The lowest BCUT2D eigenvalue weighted by atomic mass is 10.3. The first-order valence-electron chi connectivity index (χ1n) is 4.60. The minimum Gasteiger partial charge on any atom is -0.397 e. The highest BCUT2D eigenvalue weighted by Crippen LogP contribution is 2.33. The molecule has 0 amide bonds. The lowest BCUT2D eigenvalue weighted by Gasteiger charge is -2.25. The number of nitrogen functional groups attached to an aromatic ring is 1. The van der Waals surface area contributed by atoms with Crippen LogP contribution in [0.4, 0.5) is 5.69 Å². The summed E-state index contributed by atoms with van der Waals surface area (Å²) < 4.78 is 9.81. The molecule has 2 N–H and O–H groups in total. The van der Waals surface area contributed by atoms with E-state index in [4.69, 9.17) is 15.1 Å². The minimum absolute atomic E-state index is 0.508. The number of anilines is 1. The molecule has 0 saturated carbocycles. The first kappa shape index (κ1) is 8.99. The van der Waals surface area contributed by atoms with Gasteiger partial charge < -0.3 is 10.5 Å². The van der Waals surface area contributed by atoms with Crippen LogP contribution in [0.1, 0.15) is 0 Å². The molecule has 1 fully saturated rings. The van der Waals surface area contributed by atoms with Crippen LogP contribution in [-0.4, -0.2) is 28.8 Å². The van der Waals surface area contributed by atoms with E-state index in [1.54, 1.807) is 11.8 Å². The van der Waals surface area contributed by atoms with Gasteiger partial charge in [-0.05, 0) is 22.4 Å². The van der Waals surface area contributed by atoms with Gasteiger partial charge in [0.05, 0.1) is 24.2 Å². The van der Waals surface area contributed by atoms with Crippen LogP contribution in [0.2, 0.25) is 0 Å². The molecule has 0 bridgehead atoms. The van der Waals surface area contributed by atoms with Gasteiger partial charge in [0.1, 0.15) is 0 Å². The van der Waals surface area contributed by atoms with Gasteiger partial charge in [-0.1, -0.05) is 0 Å². The molecule has 0 unspecified atom stereocenters. The van der Waals surface area contributed by atoms with E-state index < -0.39 is 0 Å². The summed E-state index contributed by atoms with van der Waals surface area (Å²) in [6.45, 7) is 1.59. The van der Waals surface area contributed by atoms with Gasteiger partial charge in [-0.2, -0.15) is 0 Å². The molecule has 0 atom stereocenters. The van der Waals surface area contributed by atoms with E-state index >= 15 is 0 Å². The van der Waals surface area contributed by atoms with Gasteiger partial charge >= 0.3 is 0 Å². The number of hydrogen-bond acceptors (Lipinski definition) is 6. The monoisotopic (exact) mass is 223 g/mol. The van der Waals surface area contributed by atoms with Crippen LogP contribution in [0.3, 0.4) is 0 Å². The molecular formula is C9H9N3O2S. The largest absolute Gasteiger partial charge is 0.397 e. The van der Waals surface area contributed by atoms with Crippen molar-refractivity contribution >= 4 is 28.5 Å². The number of thioether (sulfide) groups is 1. The Balaban J connectivity index is 2.02. The van der Waals surface area contributed by atoms with E-state index in [9.17, 15) is 0 Å². The summed E-state index contributed by atoms with van der Waals surface area (Å²) in [6.07, 6.45) is 0. The quantitative estimate of drug-likeness (QED) is 0.773. The Kier molecular flexibility index (Phi) is 2.03. The zero-order chi connectivity index (χ0) is 10.3. The molecule has 0 aliphatic carbocycles. The summed E-state index contributed by atoms with van der Waals surface area (Å²) in [5.74, 6) is 0. The molecule has 6 heteroatoms. The molecule has 0 radical (unpaired) electrons. The van der Waals surface area contributed by atoms with Gasteiger partial charge in [-0.25, -0.2) is 4.63 Å². The number of ether oxygens (including phenoxy) is 1. The lowest BCUT2D eigenvalue weighted by Crippen LogP contribution is -2.30. The normalized spacial score (nSPS) is 16.8. The molecule has 1 aromatic heterocycles. The third-order valence-corrected chi connectivity index (χ3v) is 3.50. The van der Waals surface area contributed by atoms with Gasteiger partial charge in [0.2, 0.25) is 0 Å². The highest BCUT2D eigenvalue weighted by Gasteiger charge is 2.21. The topological polar surface area (TPSA) is 74.2 Å². The Labute approximate surface area is 89.9 Å². The zero-order valence-corrected chi connectivity index (χ0v) is 8.66. The highest BCUT2D eigenvalue weighted by molar-refractivity contribution is 8.00. The Hall–Kier alpha value is -1.27. The molecule has 1 aromatic carbocycles. The summed E-state index contributed by atoms with van der Waals surface area (Å²) in [4.78, 5) is 1.05. The molecule has 0 spiro atoms. The van der Waals surface area contributed by atoms with Gasteiger partial charge in [0, 0.05) is 4.90 Å². The number of nitrogens with two attached hydrogens (primary N) is 1. The standard InChI is InChI=1S/C9H9N3O2S/c10-6-1-2-7(15-5-3-13-4-5)9-8(6)11-14-12-9/h1-2,5H,3-4,10H2. The molecule has 1 saturated heterocycles. The molecule has 3 rings (SSSR count). The van der Waals surface area contributed by atoms with Crippen molar-refractivity contribution in [2.24, 2.45) is 0 Å². The van der Waals surface area contributed by atoms with Crippen molar-refractivity contribution in [1.29, 1.82) is 0 Å². The number of rotatable bonds is 2. The summed E-state index contributed by atoms with van der Waals surface area (Å²) in [5.41, 5.74) is 7.73. The third-order valence-electron chi connectivity index (χ3n) is 2.31. The Morgan fingerprint density at radius 3 is 2.80 bits per heavy atom. The predicted octanol–water partition coefficient (Wildman–Crippen LogP) is 1.30. The fourth-order valence-electron chi connectivity index (χ4n) is 1.42. The van der Waals surface area contributed by atoms with Crippen LogP contribution in [0.5, 0.6) is 0 Å². The maximum Gasteiger partial charge on any atom is 0.159 e. The SMILES string of the molecule is Nc1ccc(SC2COC2)c2nonc12. The number of aromatic nitrogens is 2. The number of nitrogens with zero attached hydrogens (tertiary/aromatic N) is 2. The molecule has 78 valence electrons. The molecule has 2 heterocycles. The van der Waals surface area contributed by atoms with Crippen molar-refractivity contribution in [2.45, 2.75) is 10.1 Å². The minimum atomic E-state index is 0.508. The lowest BCUT2D eigenvalue weighted by molar-refractivity contribution is 0.0455. The second-order valence-electron chi connectivity index (χ2n) is 3.39. The smallest absolute Gasteiger partial charge is 0.159 e. The summed E-state index contributed by atoms with van der Waals surface area (Å²) in [6, 6.07) is 3.78. The van der Waals surface area contributed by atoms with Gasteiger partial charge in [-0.15, -0.1) is 11.8 Å². The average Bonchev–Trinajstić information content (AvgIpc) is 2.63. The summed E-state index contributed by atoms with van der Waals surface area (Å²) in [5, 5.41) is 8.15. The second-order valence-corrected chi connectivity index (χ2v) is 4.73. The van der Waals surface area contributed by atoms with Gasteiger partial charge in [-0.3, -0.25) is 0 Å². The van der Waals surface area contributed by atoms with Crippen LogP contribution in [0, 0.1) is 0 Å². The maximum atomic E-state index is 5.75.